The van der Waals surface area contributed by atoms with Crippen molar-refractivity contribution in [1.82, 2.24) is 15.0 Å². The fourth-order valence-electron chi connectivity index (χ4n) is 2.63. The zero-order chi connectivity index (χ0) is 15.6. The van der Waals surface area contributed by atoms with Crippen LogP contribution in [0.2, 0.25) is 0 Å². The second-order valence-electron chi connectivity index (χ2n) is 5.22. The van der Waals surface area contributed by atoms with E-state index in [4.69, 9.17) is 0 Å². The molecule has 2 aromatic carbocycles. The minimum absolute atomic E-state index is 0.394. The van der Waals surface area contributed by atoms with Gasteiger partial charge < -0.3 is 4.98 Å². The van der Waals surface area contributed by atoms with Crippen molar-refractivity contribution >= 4 is 11.0 Å². The van der Waals surface area contributed by atoms with Crippen LogP contribution in [0.4, 0.5) is 0 Å². The molecule has 0 bridgehead atoms. The van der Waals surface area contributed by atoms with Gasteiger partial charge in [0.1, 0.15) is 0 Å². The van der Waals surface area contributed by atoms with Crippen LogP contribution in [0.25, 0.3) is 33.5 Å². The van der Waals surface area contributed by atoms with Crippen molar-refractivity contribution in [2.45, 2.75) is 0 Å². The second kappa shape index (κ2) is 5.50. The van der Waals surface area contributed by atoms with Gasteiger partial charge in [-0.2, -0.15) is 4.98 Å². The van der Waals surface area contributed by atoms with E-state index >= 15 is 0 Å². The maximum Gasteiger partial charge on any atom is 0.347 e. The van der Waals surface area contributed by atoms with Crippen LogP contribution >= 0.6 is 0 Å². The quantitative estimate of drug-likeness (QED) is 0.614. The molecular formula is C19H13N3O. The number of rotatable bonds is 2. The molecule has 0 aliphatic heterocycles. The first kappa shape index (κ1) is 13.4. The minimum atomic E-state index is -0.394. The van der Waals surface area contributed by atoms with Crippen LogP contribution in [0.15, 0.2) is 77.6 Å². The maximum atomic E-state index is 11.9. The highest BCUT2D eigenvalue weighted by Crippen LogP contribution is 2.25. The zero-order valence-corrected chi connectivity index (χ0v) is 12.2. The number of hydrogen-bond acceptors (Lipinski definition) is 3. The minimum Gasteiger partial charge on any atom is -0.305 e. The summed E-state index contributed by atoms with van der Waals surface area (Å²) in [6.45, 7) is 0. The highest BCUT2D eigenvalue weighted by Gasteiger charge is 2.09. The van der Waals surface area contributed by atoms with E-state index in [1.54, 1.807) is 0 Å². The molecule has 110 valence electrons. The van der Waals surface area contributed by atoms with Gasteiger partial charge in [0, 0.05) is 10.9 Å². The van der Waals surface area contributed by atoms with Gasteiger partial charge in [-0.15, -0.1) is 0 Å². The molecule has 0 unspecified atom stereocenters. The van der Waals surface area contributed by atoms with Crippen LogP contribution in [-0.2, 0) is 0 Å². The van der Waals surface area contributed by atoms with Gasteiger partial charge in [0.05, 0.1) is 11.4 Å². The van der Waals surface area contributed by atoms with Gasteiger partial charge in [0.25, 0.3) is 0 Å². The summed E-state index contributed by atoms with van der Waals surface area (Å²) < 4.78 is 0. The summed E-state index contributed by atoms with van der Waals surface area (Å²) in [6.07, 6.45) is 0. The first-order valence-corrected chi connectivity index (χ1v) is 7.33. The standard InChI is InChI=1S/C19H13N3O/c23-19-21-17(14-9-5-2-6-10-14)15-11-12-16(20-18(15)22-19)13-7-3-1-4-8-13/h1-12H,(H,20,21,22,23). The average molecular weight is 299 g/mol. The number of pyridine rings is 1. The molecule has 4 aromatic rings. The van der Waals surface area contributed by atoms with Gasteiger partial charge in [0.15, 0.2) is 5.65 Å². The molecule has 0 saturated heterocycles. The number of nitrogens with one attached hydrogen (secondary N) is 1. The first-order valence-electron chi connectivity index (χ1n) is 7.33. The van der Waals surface area contributed by atoms with Gasteiger partial charge in [0.2, 0.25) is 0 Å². The number of hydrogen-bond donors (Lipinski definition) is 1. The summed E-state index contributed by atoms with van der Waals surface area (Å²) in [4.78, 5) is 23.3. The second-order valence-corrected chi connectivity index (χ2v) is 5.22. The Morgan fingerprint density at radius 1 is 0.696 bits per heavy atom. The largest absolute Gasteiger partial charge is 0.347 e. The predicted molar refractivity (Wildman–Crippen MR) is 91.0 cm³/mol. The van der Waals surface area contributed by atoms with Crippen LogP contribution in [-0.4, -0.2) is 15.0 Å². The lowest BCUT2D eigenvalue weighted by Crippen LogP contribution is -2.12. The van der Waals surface area contributed by atoms with E-state index in [1.807, 2.05) is 72.8 Å². The molecule has 2 heterocycles. The lowest BCUT2D eigenvalue weighted by molar-refractivity contribution is 1.10. The third-order valence-electron chi connectivity index (χ3n) is 3.72. The third kappa shape index (κ3) is 2.51. The van der Waals surface area contributed by atoms with Gasteiger partial charge in [-0.25, -0.2) is 9.78 Å². The zero-order valence-electron chi connectivity index (χ0n) is 12.2. The molecule has 0 aliphatic carbocycles. The number of aromatic nitrogens is 3. The Balaban J connectivity index is 1.96. The average Bonchev–Trinajstić information content (AvgIpc) is 2.62. The SMILES string of the molecule is O=c1nc2nc(-c3ccccc3)ccc2c(-c2ccccc2)[nH]1. The lowest BCUT2D eigenvalue weighted by atomic mass is 10.1. The van der Waals surface area contributed by atoms with Crippen LogP contribution < -0.4 is 5.69 Å². The van der Waals surface area contributed by atoms with Gasteiger partial charge in [-0.1, -0.05) is 60.7 Å². The number of aromatic amines is 1. The van der Waals surface area contributed by atoms with Crippen molar-refractivity contribution in [2.75, 3.05) is 0 Å². The van der Waals surface area contributed by atoms with Crippen LogP contribution in [0.3, 0.4) is 0 Å². The molecule has 4 rings (SSSR count). The van der Waals surface area contributed by atoms with Crippen molar-refractivity contribution in [3.63, 3.8) is 0 Å². The van der Waals surface area contributed by atoms with Gasteiger partial charge >= 0.3 is 5.69 Å². The summed E-state index contributed by atoms with van der Waals surface area (Å²) in [5, 5.41) is 0.829. The number of H-pyrrole nitrogens is 1. The fourth-order valence-corrected chi connectivity index (χ4v) is 2.63. The number of benzene rings is 2. The van der Waals surface area contributed by atoms with E-state index in [0.29, 0.717) is 5.65 Å². The summed E-state index contributed by atoms with van der Waals surface area (Å²) >= 11 is 0. The van der Waals surface area contributed by atoms with E-state index < -0.39 is 5.69 Å². The summed E-state index contributed by atoms with van der Waals surface area (Å²) in [6, 6.07) is 23.5. The smallest absolute Gasteiger partial charge is 0.305 e. The van der Waals surface area contributed by atoms with Crippen molar-refractivity contribution < 1.29 is 0 Å². The van der Waals surface area contributed by atoms with Crippen LogP contribution in [0, 0.1) is 0 Å². The molecular weight excluding hydrogens is 286 g/mol. The highest BCUT2D eigenvalue weighted by atomic mass is 16.1. The topological polar surface area (TPSA) is 58.6 Å². The summed E-state index contributed by atoms with van der Waals surface area (Å²) in [5.41, 5.74) is 3.54. The molecule has 0 fully saturated rings. The number of fused-ring (bicyclic) bond motifs is 1. The first-order chi connectivity index (χ1) is 11.3. The Morgan fingerprint density at radius 3 is 2.04 bits per heavy atom. The molecule has 0 aliphatic rings. The monoisotopic (exact) mass is 299 g/mol. The number of nitrogens with zero attached hydrogens (tertiary/aromatic N) is 2. The molecule has 1 N–H and O–H groups in total. The Kier molecular flexibility index (Phi) is 3.20. The normalized spacial score (nSPS) is 10.8. The fraction of sp³-hybridized carbons (Fsp3) is 0. The molecule has 4 nitrogen and oxygen atoms in total. The molecule has 0 radical (unpaired) electrons. The van der Waals surface area contributed by atoms with E-state index in [2.05, 4.69) is 15.0 Å². The van der Waals surface area contributed by atoms with E-state index in [1.165, 1.54) is 0 Å². The summed E-state index contributed by atoms with van der Waals surface area (Å²) in [7, 11) is 0. The molecule has 0 saturated carbocycles. The Morgan fingerprint density at radius 2 is 1.35 bits per heavy atom. The van der Waals surface area contributed by atoms with Crippen molar-refractivity contribution in [3.05, 3.63) is 83.3 Å². The highest BCUT2D eigenvalue weighted by molar-refractivity contribution is 5.91. The molecule has 0 spiro atoms. The molecule has 23 heavy (non-hydrogen) atoms. The third-order valence-corrected chi connectivity index (χ3v) is 3.72. The molecule has 0 amide bonds. The van der Waals surface area contributed by atoms with Crippen molar-refractivity contribution in [2.24, 2.45) is 0 Å². The molecule has 0 atom stereocenters. The predicted octanol–water partition coefficient (Wildman–Crippen LogP) is 3.65. The van der Waals surface area contributed by atoms with E-state index in [0.717, 1.165) is 27.9 Å². The Hall–Kier alpha value is -3.27. The van der Waals surface area contributed by atoms with Crippen LogP contribution in [0.5, 0.6) is 0 Å². The van der Waals surface area contributed by atoms with E-state index in [-0.39, 0.29) is 0 Å². The van der Waals surface area contributed by atoms with E-state index in [9.17, 15) is 4.79 Å². The Labute approximate surface area is 132 Å². The lowest BCUT2D eigenvalue weighted by Gasteiger charge is -2.07. The van der Waals surface area contributed by atoms with Gasteiger partial charge in [-0.3, -0.25) is 0 Å². The van der Waals surface area contributed by atoms with Crippen molar-refractivity contribution in [1.29, 1.82) is 0 Å². The molecule has 2 aromatic heterocycles. The van der Waals surface area contributed by atoms with Crippen molar-refractivity contribution in [3.8, 4) is 22.5 Å². The van der Waals surface area contributed by atoms with Crippen LogP contribution in [0.1, 0.15) is 0 Å². The summed E-state index contributed by atoms with van der Waals surface area (Å²) in [5.74, 6) is 0. The Bertz CT molecular complexity index is 1020. The maximum absolute atomic E-state index is 11.9. The van der Waals surface area contributed by atoms with Gasteiger partial charge in [-0.05, 0) is 17.7 Å². The molecule has 4 heteroatoms.